The second-order valence-electron chi connectivity index (χ2n) is 14.2. The highest BCUT2D eigenvalue weighted by Crippen LogP contribution is 2.43. The fourth-order valence-electron chi connectivity index (χ4n) is 8.89. The van der Waals surface area contributed by atoms with Gasteiger partial charge in [0, 0.05) is 38.2 Å². The van der Waals surface area contributed by atoms with Crippen molar-refractivity contribution in [1.82, 2.24) is 19.1 Å². The lowest BCUT2D eigenvalue weighted by Crippen LogP contribution is -2.04. The van der Waals surface area contributed by atoms with Gasteiger partial charge >= 0.3 is 0 Å². The molecule has 0 saturated carbocycles. The highest BCUT2D eigenvalue weighted by molar-refractivity contribution is 6.23. The molecule has 0 saturated heterocycles. The summed E-state index contributed by atoms with van der Waals surface area (Å²) in [5.74, 6) is 0.813. The molecule has 0 amide bonds. The van der Waals surface area contributed by atoms with E-state index in [1.807, 2.05) is 12.1 Å². The molecule has 0 unspecified atom stereocenters. The fraction of sp³-hybridized carbons (Fsp3) is 0. The maximum atomic E-state index is 5.52. The van der Waals surface area contributed by atoms with Crippen molar-refractivity contribution in [1.29, 1.82) is 0 Å². The second kappa shape index (κ2) is 11.1. The molecule has 0 radical (unpaired) electrons. The van der Waals surface area contributed by atoms with Crippen LogP contribution >= 0.6 is 0 Å². The van der Waals surface area contributed by atoms with Crippen molar-refractivity contribution in [2.45, 2.75) is 0 Å². The van der Waals surface area contributed by atoms with Gasteiger partial charge in [0.05, 0.1) is 33.1 Å². The lowest BCUT2D eigenvalue weighted by atomic mass is 9.95. The Bertz CT molecular complexity index is 3500. The molecular formula is C50H30N4. The van der Waals surface area contributed by atoms with Crippen LogP contribution in [0.1, 0.15) is 0 Å². The van der Waals surface area contributed by atoms with Crippen LogP contribution in [0.15, 0.2) is 182 Å². The van der Waals surface area contributed by atoms with Gasteiger partial charge in [-0.25, -0.2) is 9.97 Å². The third kappa shape index (κ3) is 4.08. The molecule has 0 N–H and O–H groups in total. The minimum Gasteiger partial charge on any atom is -0.309 e. The molecule has 0 spiro atoms. The summed E-state index contributed by atoms with van der Waals surface area (Å²) in [4.78, 5) is 11.0. The van der Waals surface area contributed by atoms with Gasteiger partial charge in [-0.05, 0) is 75.5 Å². The van der Waals surface area contributed by atoms with Gasteiger partial charge in [0.15, 0.2) is 5.82 Å². The number of rotatable bonds is 3. The van der Waals surface area contributed by atoms with Crippen molar-refractivity contribution in [3.63, 3.8) is 0 Å². The fourth-order valence-corrected chi connectivity index (χ4v) is 8.89. The number of aromatic nitrogens is 4. The van der Waals surface area contributed by atoms with Crippen LogP contribution < -0.4 is 0 Å². The first-order valence-corrected chi connectivity index (χ1v) is 18.4. The van der Waals surface area contributed by atoms with E-state index in [2.05, 4.69) is 179 Å². The molecule has 54 heavy (non-hydrogen) atoms. The van der Waals surface area contributed by atoms with Crippen LogP contribution in [0.5, 0.6) is 0 Å². The van der Waals surface area contributed by atoms with Gasteiger partial charge in [-0.15, -0.1) is 0 Å². The quantitative estimate of drug-likeness (QED) is 0.173. The van der Waals surface area contributed by atoms with Gasteiger partial charge in [0.25, 0.3) is 0 Å². The van der Waals surface area contributed by atoms with E-state index in [4.69, 9.17) is 9.97 Å². The summed E-state index contributed by atoms with van der Waals surface area (Å²) in [5, 5.41) is 12.0. The molecule has 4 heteroatoms. The van der Waals surface area contributed by atoms with Gasteiger partial charge < -0.3 is 4.57 Å². The van der Waals surface area contributed by atoms with E-state index in [0.29, 0.717) is 0 Å². The standard InChI is InChI=1S/C50H30N4/c1-2-16-33(17-3-1)53-46-30-47-40(29-41(46)39-27-26-31-14-4-7-19-35(31)49(39)53)38-22-10-13-25-45(38)54(47)50-48(51-43-23-11-12-24-44(43)52-50)42-28-32-15-5-6-18-34(32)36-20-8-9-21-37(36)42/h1-30H. The molecule has 0 bridgehead atoms. The first kappa shape index (κ1) is 29.3. The molecule has 0 aliphatic rings. The zero-order valence-electron chi connectivity index (χ0n) is 29.1. The maximum absolute atomic E-state index is 5.52. The van der Waals surface area contributed by atoms with Crippen LogP contribution in [0, 0.1) is 0 Å². The Labute approximate surface area is 309 Å². The van der Waals surface area contributed by atoms with E-state index >= 15 is 0 Å². The zero-order chi connectivity index (χ0) is 35.3. The highest BCUT2D eigenvalue weighted by Gasteiger charge is 2.24. The SMILES string of the molecule is c1ccc(-n2c3cc4c(cc3c3ccc5ccccc5c32)c2ccccc2n4-c2nc3ccccc3nc2-c2cc3ccccc3c3ccccc23)cc1. The molecule has 12 rings (SSSR count). The summed E-state index contributed by atoms with van der Waals surface area (Å²) in [5.41, 5.74) is 9.32. The molecule has 0 aliphatic heterocycles. The van der Waals surface area contributed by atoms with Crippen molar-refractivity contribution in [2.75, 3.05) is 0 Å². The van der Waals surface area contributed by atoms with Crippen molar-refractivity contribution >= 4 is 87.0 Å². The summed E-state index contributed by atoms with van der Waals surface area (Å²) in [7, 11) is 0. The molecule has 0 atom stereocenters. The molecule has 12 aromatic rings. The molecule has 4 nitrogen and oxygen atoms in total. The van der Waals surface area contributed by atoms with E-state index in [1.54, 1.807) is 0 Å². The van der Waals surface area contributed by atoms with Gasteiger partial charge in [-0.2, -0.15) is 0 Å². The Hall–Kier alpha value is -7.30. The maximum Gasteiger partial charge on any atom is 0.165 e. The minimum atomic E-state index is 0.813. The van der Waals surface area contributed by atoms with E-state index in [-0.39, 0.29) is 0 Å². The molecule has 3 heterocycles. The average molecular weight is 687 g/mol. The van der Waals surface area contributed by atoms with Crippen molar-refractivity contribution < 1.29 is 0 Å². The normalized spacial score (nSPS) is 12.1. The van der Waals surface area contributed by atoms with E-state index in [0.717, 1.165) is 55.7 Å². The van der Waals surface area contributed by atoms with Gasteiger partial charge in [0.1, 0.15) is 5.69 Å². The number of para-hydroxylation sites is 4. The first-order valence-electron chi connectivity index (χ1n) is 18.4. The Morgan fingerprint density at radius 3 is 1.78 bits per heavy atom. The van der Waals surface area contributed by atoms with E-state index < -0.39 is 0 Å². The predicted molar refractivity (Wildman–Crippen MR) is 226 cm³/mol. The summed E-state index contributed by atoms with van der Waals surface area (Å²) in [6, 6.07) is 65.4. The summed E-state index contributed by atoms with van der Waals surface area (Å²) in [6.07, 6.45) is 0. The van der Waals surface area contributed by atoms with Crippen molar-refractivity contribution in [3.8, 4) is 22.8 Å². The Morgan fingerprint density at radius 1 is 0.333 bits per heavy atom. The number of hydrogen-bond donors (Lipinski definition) is 0. The summed E-state index contributed by atoms with van der Waals surface area (Å²) in [6.45, 7) is 0. The second-order valence-corrected chi connectivity index (χ2v) is 14.2. The predicted octanol–water partition coefficient (Wildman–Crippen LogP) is 13.0. The molecule has 3 aromatic heterocycles. The van der Waals surface area contributed by atoms with Crippen LogP contribution in [0.4, 0.5) is 0 Å². The Balaban J connectivity index is 1.27. The topological polar surface area (TPSA) is 35.6 Å². The largest absolute Gasteiger partial charge is 0.309 e. The minimum absolute atomic E-state index is 0.813. The smallest absolute Gasteiger partial charge is 0.165 e. The third-order valence-corrected chi connectivity index (χ3v) is 11.2. The van der Waals surface area contributed by atoms with Crippen molar-refractivity contribution in [3.05, 3.63) is 182 Å². The monoisotopic (exact) mass is 686 g/mol. The molecule has 0 fully saturated rings. The number of hydrogen-bond acceptors (Lipinski definition) is 2. The van der Waals surface area contributed by atoms with Gasteiger partial charge in [0.2, 0.25) is 0 Å². The lowest BCUT2D eigenvalue weighted by Gasteiger charge is -2.16. The van der Waals surface area contributed by atoms with Crippen LogP contribution in [-0.2, 0) is 0 Å². The number of benzene rings is 9. The van der Waals surface area contributed by atoms with Crippen LogP contribution in [0.25, 0.3) is 110 Å². The van der Waals surface area contributed by atoms with Gasteiger partial charge in [-0.3, -0.25) is 4.57 Å². The van der Waals surface area contributed by atoms with Crippen LogP contribution in [0.3, 0.4) is 0 Å². The van der Waals surface area contributed by atoms with E-state index in [1.165, 1.54) is 54.0 Å². The number of fused-ring (bicyclic) bond motifs is 12. The Kier molecular flexibility index (Phi) is 6.02. The first-order chi connectivity index (χ1) is 26.8. The highest BCUT2D eigenvalue weighted by atomic mass is 15.1. The van der Waals surface area contributed by atoms with Crippen molar-refractivity contribution in [2.24, 2.45) is 0 Å². The molecule has 250 valence electrons. The molecule has 9 aromatic carbocycles. The average Bonchev–Trinajstić information content (AvgIpc) is 3.74. The molecular weight excluding hydrogens is 657 g/mol. The zero-order valence-corrected chi connectivity index (χ0v) is 29.1. The summed E-state index contributed by atoms with van der Waals surface area (Å²) < 4.78 is 4.80. The summed E-state index contributed by atoms with van der Waals surface area (Å²) >= 11 is 0. The Morgan fingerprint density at radius 2 is 0.944 bits per heavy atom. The number of nitrogens with zero attached hydrogens (tertiary/aromatic N) is 4. The van der Waals surface area contributed by atoms with Gasteiger partial charge in [-0.1, -0.05) is 133 Å². The van der Waals surface area contributed by atoms with E-state index in [9.17, 15) is 0 Å². The third-order valence-electron chi connectivity index (χ3n) is 11.2. The van der Waals surface area contributed by atoms with Crippen LogP contribution in [0.2, 0.25) is 0 Å². The van der Waals surface area contributed by atoms with Crippen LogP contribution in [-0.4, -0.2) is 19.1 Å². The molecule has 0 aliphatic carbocycles. The lowest BCUT2D eigenvalue weighted by molar-refractivity contribution is 1.08.